The lowest BCUT2D eigenvalue weighted by Crippen LogP contribution is -2.04. The smallest absolute Gasteiger partial charge is 0.0847 e. The molecule has 0 rings (SSSR count). The van der Waals surface area contributed by atoms with E-state index in [-0.39, 0.29) is 0 Å². The lowest BCUT2D eigenvalue weighted by Gasteiger charge is -2.01. The molecule has 0 saturated carbocycles. The number of allylic oxidation sites excluding steroid dienone is 2. The Kier molecular flexibility index (Phi) is 3.96. The van der Waals surface area contributed by atoms with Crippen molar-refractivity contribution in [3.63, 3.8) is 0 Å². The molecule has 10 heavy (non-hydrogen) atoms. The normalized spacial score (nSPS) is 11.3. The van der Waals surface area contributed by atoms with Crippen molar-refractivity contribution < 1.29 is 0 Å². The van der Waals surface area contributed by atoms with Gasteiger partial charge in [0.1, 0.15) is 0 Å². The van der Waals surface area contributed by atoms with Gasteiger partial charge in [-0.25, -0.2) is 0 Å². The van der Waals surface area contributed by atoms with Crippen LogP contribution in [0.15, 0.2) is 41.7 Å². The van der Waals surface area contributed by atoms with Crippen LogP contribution in [-0.2, 0) is 0 Å². The SMILES string of the molecule is C=C/C(N=C)=C(\C=C)NC. The van der Waals surface area contributed by atoms with E-state index in [2.05, 4.69) is 30.2 Å². The fourth-order valence-electron chi connectivity index (χ4n) is 0.594. The Morgan fingerprint density at radius 2 is 2.00 bits per heavy atom. The van der Waals surface area contributed by atoms with Gasteiger partial charge in [-0.3, -0.25) is 4.99 Å². The Labute approximate surface area is 61.7 Å². The van der Waals surface area contributed by atoms with E-state index in [0.29, 0.717) is 0 Å². The van der Waals surface area contributed by atoms with Crippen LogP contribution < -0.4 is 5.32 Å². The van der Waals surface area contributed by atoms with E-state index < -0.39 is 0 Å². The maximum absolute atomic E-state index is 3.73. The van der Waals surface area contributed by atoms with Gasteiger partial charge in [0.25, 0.3) is 0 Å². The quantitative estimate of drug-likeness (QED) is 0.459. The van der Waals surface area contributed by atoms with Crippen LogP contribution in [0.25, 0.3) is 0 Å². The van der Waals surface area contributed by atoms with Gasteiger partial charge in [-0.2, -0.15) is 0 Å². The van der Waals surface area contributed by atoms with Gasteiger partial charge >= 0.3 is 0 Å². The van der Waals surface area contributed by atoms with Crippen molar-refractivity contribution in [3.05, 3.63) is 36.7 Å². The molecule has 0 aromatic heterocycles. The summed E-state index contributed by atoms with van der Waals surface area (Å²) in [6.07, 6.45) is 3.30. The molecule has 0 unspecified atom stereocenters. The molecule has 0 heterocycles. The predicted octanol–water partition coefficient (Wildman–Crippen LogP) is 1.49. The van der Waals surface area contributed by atoms with Gasteiger partial charge in [-0.1, -0.05) is 13.2 Å². The number of hydrogen-bond acceptors (Lipinski definition) is 2. The second-order valence-electron chi connectivity index (χ2n) is 1.62. The first-order valence-corrected chi connectivity index (χ1v) is 2.93. The zero-order valence-electron chi connectivity index (χ0n) is 6.22. The molecule has 0 atom stereocenters. The van der Waals surface area contributed by atoms with E-state index in [9.17, 15) is 0 Å². The Hall–Kier alpha value is -1.31. The van der Waals surface area contributed by atoms with Crippen LogP contribution in [0.1, 0.15) is 0 Å². The van der Waals surface area contributed by atoms with Crippen molar-refractivity contribution in [2.75, 3.05) is 7.05 Å². The van der Waals surface area contributed by atoms with E-state index in [0.717, 1.165) is 11.4 Å². The number of likely N-dealkylation sites (N-methyl/N-ethyl adjacent to an activating group) is 1. The Balaban J connectivity index is 4.67. The maximum atomic E-state index is 3.73. The fraction of sp³-hybridized carbons (Fsp3) is 0.125. The first kappa shape index (κ1) is 8.69. The van der Waals surface area contributed by atoms with Gasteiger partial charge in [0.2, 0.25) is 0 Å². The summed E-state index contributed by atoms with van der Waals surface area (Å²) in [5, 5.41) is 2.91. The number of nitrogens with one attached hydrogen (secondary N) is 1. The minimum Gasteiger partial charge on any atom is -0.386 e. The van der Waals surface area contributed by atoms with Crippen molar-refractivity contribution in [2.24, 2.45) is 4.99 Å². The third-order valence-corrected chi connectivity index (χ3v) is 1.11. The van der Waals surface area contributed by atoms with E-state index in [1.165, 1.54) is 0 Å². The monoisotopic (exact) mass is 136 g/mol. The van der Waals surface area contributed by atoms with Crippen molar-refractivity contribution in [3.8, 4) is 0 Å². The first-order chi connectivity index (χ1) is 4.79. The average Bonchev–Trinajstić information content (AvgIpc) is 2.00. The number of nitrogens with zero attached hydrogens (tertiary/aromatic N) is 1. The standard InChI is InChI=1S/C8H12N2/c1-5-7(9-3)8(6-2)10-4/h5-6,10H,1-3H2,4H3/b8-7-. The highest BCUT2D eigenvalue weighted by molar-refractivity contribution is 5.37. The van der Waals surface area contributed by atoms with E-state index in [1.807, 2.05) is 0 Å². The number of rotatable bonds is 4. The minimum absolute atomic E-state index is 0.720. The molecule has 0 spiro atoms. The molecular weight excluding hydrogens is 124 g/mol. The lowest BCUT2D eigenvalue weighted by molar-refractivity contribution is 1.01. The second kappa shape index (κ2) is 4.56. The van der Waals surface area contributed by atoms with Crippen LogP contribution in [0.4, 0.5) is 0 Å². The Bertz CT molecular complexity index is 168. The highest BCUT2D eigenvalue weighted by Crippen LogP contribution is 2.03. The predicted molar refractivity (Wildman–Crippen MR) is 46.0 cm³/mol. The molecule has 0 aliphatic carbocycles. The number of hydrogen-bond donors (Lipinski definition) is 1. The summed E-state index contributed by atoms with van der Waals surface area (Å²) in [5.41, 5.74) is 1.56. The third-order valence-electron chi connectivity index (χ3n) is 1.11. The third kappa shape index (κ3) is 1.90. The molecule has 0 bridgehead atoms. The summed E-state index contributed by atoms with van der Waals surface area (Å²) in [6, 6.07) is 0. The summed E-state index contributed by atoms with van der Waals surface area (Å²) in [5.74, 6) is 0. The largest absolute Gasteiger partial charge is 0.386 e. The molecule has 0 aliphatic heterocycles. The first-order valence-electron chi connectivity index (χ1n) is 2.93. The molecule has 2 nitrogen and oxygen atoms in total. The van der Waals surface area contributed by atoms with Gasteiger partial charge in [-0.15, -0.1) is 0 Å². The van der Waals surface area contributed by atoms with E-state index in [1.54, 1.807) is 19.2 Å². The van der Waals surface area contributed by atoms with Gasteiger partial charge in [0.15, 0.2) is 0 Å². The zero-order chi connectivity index (χ0) is 7.98. The minimum atomic E-state index is 0.720. The van der Waals surface area contributed by atoms with Crippen LogP contribution in [0.5, 0.6) is 0 Å². The Morgan fingerprint density at radius 1 is 1.40 bits per heavy atom. The molecule has 0 radical (unpaired) electrons. The van der Waals surface area contributed by atoms with E-state index in [4.69, 9.17) is 0 Å². The van der Waals surface area contributed by atoms with Crippen LogP contribution in [-0.4, -0.2) is 13.8 Å². The molecule has 0 aromatic carbocycles. The zero-order valence-corrected chi connectivity index (χ0v) is 6.22. The fourth-order valence-corrected chi connectivity index (χ4v) is 0.594. The summed E-state index contributed by atoms with van der Waals surface area (Å²) in [4.78, 5) is 3.73. The molecule has 0 amide bonds. The summed E-state index contributed by atoms with van der Waals surface area (Å²) in [7, 11) is 1.80. The van der Waals surface area contributed by atoms with Crippen LogP contribution in [0.3, 0.4) is 0 Å². The van der Waals surface area contributed by atoms with Crippen LogP contribution in [0.2, 0.25) is 0 Å². The molecule has 0 fully saturated rings. The van der Waals surface area contributed by atoms with Gasteiger partial charge in [-0.05, 0) is 18.9 Å². The highest BCUT2D eigenvalue weighted by atomic mass is 14.9. The van der Waals surface area contributed by atoms with Crippen LogP contribution >= 0.6 is 0 Å². The summed E-state index contributed by atoms with van der Waals surface area (Å²) in [6.45, 7) is 10.5. The number of aliphatic imine (C=N–C) groups is 1. The van der Waals surface area contributed by atoms with Crippen molar-refractivity contribution in [2.45, 2.75) is 0 Å². The summed E-state index contributed by atoms with van der Waals surface area (Å²) < 4.78 is 0. The molecule has 0 saturated heterocycles. The lowest BCUT2D eigenvalue weighted by atomic mass is 10.3. The molecule has 1 N–H and O–H groups in total. The summed E-state index contributed by atoms with van der Waals surface area (Å²) >= 11 is 0. The van der Waals surface area contributed by atoms with Crippen molar-refractivity contribution in [1.82, 2.24) is 5.32 Å². The van der Waals surface area contributed by atoms with Gasteiger partial charge in [0.05, 0.1) is 11.4 Å². The van der Waals surface area contributed by atoms with Crippen molar-refractivity contribution in [1.29, 1.82) is 0 Å². The molecule has 2 heteroatoms. The Morgan fingerprint density at radius 3 is 2.10 bits per heavy atom. The van der Waals surface area contributed by atoms with Crippen LogP contribution in [0, 0.1) is 0 Å². The topological polar surface area (TPSA) is 24.4 Å². The van der Waals surface area contributed by atoms with Gasteiger partial charge < -0.3 is 5.32 Å². The maximum Gasteiger partial charge on any atom is 0.0847 e. The molecule has 0 aliphatic rings. The highest BCUT2D eigenvalue weighted by Gasteiger charge is 1.91. The van der Waals surface area contributed by atoms with Crippen molar-refractivity contribution >= 4 is 6.72 Å². The molecular formula is C8H12N2. The molecule has 0 aromatic rings. The molecule has 54 valence electrons. The second-order valence-corrected chi connectivity index (χ2v) is 1.62. The van der Waals surface area contributed by atoms with E-state index >= 15 is 0 Å². The van der Waals surface area contributed by atoms with Gasteiger partial charge in [0, 0.05) is 7.05 Å². The average molecular weight is 136 g/mol.